The number of hydrogen-bond acceptors (Lipinski definition) is 4. The predicted molar refractivity (Wildman–Crippen MR) is 136 cm³/mol. The second-order valence-electron chi connectivity index (χ2n) is 8.75. The minimum atomic E-state index is -0.152. The third-order valence-electron chi connectivity index (χ3n) is 4.93. The lowest BCUT2D eigenvalue weighted by molar-refractivity contribution is -0.119. The van der Waals surface area contributed by atoms with Gasteiger partial charge in [0.15, 0.2) is 0 Å². The predicted octanol–water partition coefficient (Wildman–Crippen LogP) is 5.01. The van der Waals surface area contributed by atoms with E-state index in [1.807, 2.05) is 27.7 Å². The molecule has 0 atom stereocenters. The van der Waals surface area contributed by atoms with Crippen LogP contribution < -0.4 is 21.3 Å². The zero-order valence-electron chi connectivity index (χ0n) is 20.2. The normalized spacial score (nSPS) is 10.6. The number of rotatable bonds is 11. The van der Waals surface area contributed by atoms with Crippen molar-refractivity contribution in [2.75, 3.05) is 21.3 Å². The Bertz CT molecular complexity index is 936. The molecule has 182 valence electrons. The molecule has 2 aromatic rings. The van der Waals surface area contributed by atoms with E-state index in [1.54, 1.807) is 48.5 Å². The lowest BCUT2D eigenvalue weighted by Gasteiger charge is -2.11. The van der Waals surface area contributed by atoms with Gasteiger partial charge in [0.05, 0.1) is 0 Å². The van der Waals surface area contributed by atoms with E-state index in [4.69, 9.17) is 0 Å². The quantitative estimate of drug-likeness (QED) is 0.348. The van der Waals surface area contributed by atoms with Gasteiger partial charge in [-0.15, -0.1) is 0 Å². The summed E-state index contributed by atoms with van der Waals surface area (Å²) in [6, 6.07) is 14.0. The Morgan fingerprint density at radius 3 is 1.24 bits per heavy atom. The molecule has 34 heavy (non-hydrogen) atoms. The molecule has 4 N–H and O–H groups in total. The van der Waals surface area contributed by atoms with Crippen LogP contribution in [0.15, 0.2) is 48.5 Å². The molecule has 0 saturated carbocycles. The summed E-state index contributed by atoms with van der Waals surface area (Å²) in [5.74, 6) is -0.750. The molecule has 0 saturated heterocycles. The highest BCUT2D eigenvalue weighted by molar-refractivity contribution is 5.95. The van der Waals surface area contributed by atoms with E-state index in [1.165, 1.54) is 0 Å². The molecule has 0 fully saturated rings. The Morgan fingerprint density at radius 2 is 0.912 bits per heavy atom. The molecule has 2 aromatic carbocycles. The molecular formula is C26H34N4O4. The standard InChI is InChI=1S/C26H34N4O4/c1-17(2)25(33)29-21-11-7-9-19(15-21)27-23(31)13-5-6-14-24(32)28-20-10-8-12-22(16-20)30-26(34)18(3)4/h7-12,15-18H,5-6,13-14H2,1-4H3,(H,27,31)(H,28,32)(H,29,33)(H,30,34). The number of hydrogen-bond donors (Lipinski definition) is 4. The number of carbonyl (C=O) groups is 4. The third kappa shape index (κ3) is 9.44. The van der Waals surface area contributed by atoms with Gasteiger partial charge in [0.1, 0.15) is 0 Å². The summed E-state index contributed by atoms with van der Waals surface area (Å²) in [7, 11) is 0. The average molecular weight is 467 g/mol. The molecule has 0 aliphatic rings. The SMILES string of the molecule is CC(C)C(=O)Nc1cccc(NC(=O)CCCCC(=O)Nc2cccc(NC(=O)C(C)C)c2)c1. The average Bonchev–Trinajstić information content (AvgIpc) is 2.77. The van der Waals surface area contributed by atoms with Crippen molar-refractivity contribution in [2.45, 2.75) is 53.4 Å². The van der Waals surface area contributed by atoms with Crippen molar-refractivity contribution in [1.82, 2.24) is 0 Å². The monoisotopic (exact) mass is 466 g/mol. The summed E-state index contributed by atoms with van der Waals surface area (Å²) >= 11 is 0. The summed E-state index contributed by atoms with van der Waals surface area (Å²) in [4.78, 5) is 48.1. The fraction of sp³-hybridized carbons (Fsp3) is 0.385. The number of amides is 4. The van der Waals surface area contributed by atoms with Crippen molar-refractivity contribution < 1.29 is 19.2 Å². The summed E-state index contributed by atoms with van der Waals surface area (Å²) < 4.78 is 0. The molecule has 2 rings (SSSR count). The molecule has 8 nitrogen and oxygen atoms in total. The van der Waals surface area contributed by atoms with Crippen molar-refractivity contribution in [3.63, 3.8) is 0 Å². The van der Waals surface area contributed by atoms with Crippen LogP contribution in [0.1, 0.15) is 53.4 Å². The molecule has 0 aliphatic heterocycles. The number of carbonyl (C=O) groups excluding carboxylic acids is 4. The van der Waals surface area contributed by atoms with Crippen molar-refractivity contribution in [1.29, 1.82) is 0 Å². The van der Waals surface area contributed by atoms with Crippen molar-refractivity contribution in [3.05, 3.63) is 48.5 Å². The van der Waals surface area contributed by atoms with Gasteiger partial charge in [-0.3, -0.25) is 19.2 Å². The molecule has 0 aliphatic carbocycles. The van der Waals surface area contributed by atoms with E-state index in [9.17, 15) is 19.2 Å². The molecular weight excluding hydrogens is 432 g/mol. The van der Waals surface area contributed by atoms with Crippen molar-refractivity contribution in [2.24, 2.45) is 11.8 Å². The zero-order chi connectivity index (χ0) is 25.1. The van der Waals surface area contributed by atoms with Crippen LogP contribution in [0.25, 0.3) is 0 Å². The van der Waals surface area contributed by atoms with E-state index >= 15 is 0 Å². The summed E-state index contributed by atoms with van der Waals surface area (Å²) in [5, 5.41) is 11.2. The minimum Gasteiger partial charge on any atom is -0.326 e. The Hall–Kier alpha value is -3.68. The smallest absolute Gasteiger partial charge is 0.226 e. The van der Waals surface area contributed by atoms with Crippen LogP contribution in [0.3, 0.4) is 0 Å². The van der Waals surface area contributed by atoms with Gasteiger partial charge in [-0.05, 0) is 49.2 Å². The van der Waals surface area contributed by atoms with Gasteiger partial charge >= 0.3 is 0 Å². The maximum atomic E-state index is 12.2. The number of benzene rings is 2. The van der Waals surface area contributed by atoms with Crippen molar-refractivity contribution in [3.8, 4) is 0 Å². The Balaban J connectivity index is 1.72. The molecule has 0 spiro atoms. The summed E-state index contributed by atoms with van der Waals surface area (Å²) in [5.41, 5.74) is 2.46. The number of anilines is 4. The van der Waals surface area contributed by atoms with Gasteiger partial charge in [0.25, 0.3) is 0 Å². The van der Waals surface area contributed by atoms with Crippen LogP contribution in [-0.4, -0.2) is 23.6 Å². The molecule has 0 radical (unpaired) electrons. The molecule has 0 aromatic heterocycles. The number of nitrogens with one attached hydrogen (secondary N) is 4. The maximum Gasteiger partial charge on any atom is 0.226 e. The lowest BCUT2D eigenvalue weighted by atomic mass is 10.1. The maximum absolute atomic E-state index is 12.2. The lowest BCUT2D eigenvalue weighted by Crippen LogP contribution is -2.18. The zero-order valence-corrected chi connectivity index (χ0v) is 20.2. The van der Waals surface area contributed by atoms with Crippen LogP contribution in [0.2, 0.25) is 0 Å². The largest absolute Gasteiger partial charge is 0.326 e. The van der Waals surface area contributed by atoms with Gasteiger partial charge < -0.3 is 21.3 Å². The van der Waals surface area contributed by atoms with Gasteiger partial charge in [-0.1, -0.05) is 39.8 Å². The summed E-state index contributed by atoms with van der Waals surface area (Å²) in [6.07, 6.45) is 1.69. The fourth-order valence-electron chi connectivity index (χ4n) is 2.94. The first-order valence-electron chi connectivity index (χ1n) is 11.6. The molecule has 0 unspecified atom stereocenters. The van der Waals surface area contributed by atoms with Crippen molar-refractivity contribution >= 4 is 46.4 Å². The van der Waals surface area contributed by atoms with E-state index in [2.05, 4.69) is 21.3 Å². The number of unbranched alkanes of at least 4 members (excludes halogenated alkanes) is 1. The van der Waals surface area contributed by atoms with Gasteiger partial charge in [0, 0.05) is 47.4 Å². The molecule has 0 bridgehead atoms. The summed E-state index contributed by atoms with van der Waals surface area (Å²) in [6.45, 7) is 7.24. The van der Waals surface area contributed by atoms with Crippen LogP contribution in [0.5, 0.6) is 0 Å². The minimum absolute atomic E-state index is 0.0891. The Kier molecular flexibility index (Phi) is 10.3. The third-order valence-corrected chi connectivity index (χ3v) is 4.93. The highest BCUT2D eigenvalue weighted by Gasteiger charge is 2.10. The topological polar surface area (TPSA) is 116 Å². The van der Waals surface area contributed by atoms with Gasteiger partial charge in [-0.2, -0.15) is 0 Å². The first-order valence-corrected chi connectivity index (χ1v) is 11.6. The Labute approximate surface area is 200 Å². The first kappa shape index (κ1) is 26.6. The van der Waals surface area contributed by atoms with Gasteiger partial charge in [0.2, 0.25) is 23.6 Å². The second-order valence-corrected chi connectivity index (χ2v) is 8.75. The van der Waals surface area contributed by atoms with Crippen LogP contribution >= 0.6 is 0 Å². The van der Waals surface area contributed by atoms with Crippen LogP contribution in [0.4, 0.5) is 22.7 Å². The van der Waals surface area contributed by atoms with Gasteiger partial charge in [-0.25, -0.2) is 0 Å². The molecule has 0 heterocycles. The van der Waals surface area contributed by atoms with E-state index in [0.717, 1.165) is 0 Å². The second kappa shape index (κ2) is 13.1. The van der Waals surface area contributed by atoms with E-state index < -0.39 is 0 Å². The highest BCUT2D eigenvalue weighted by atomic mass is 16.2. The van der Waals surface area contributed by atoms with Crippen LogP contribution in [-0.2, 0) is 19.2 Å². The fourth-order valence-corrected chi connectivity index (χ4v) is 2.94. The Morgan fingerprint density at radius 1 is 0.588 bits per heavy atom. The highest BCUT2D eigenvalue weighted by Crippen LogP contribution is 2.18. The first-order chi connectivity index (χ1) is 16.1. The molecule has 4 amide bonds. The molecule has 8 heteroatoms. The van der Waals surface area contributed by atoms with E-state index in [0.29, 0.717) is 35.6 Å². The van der Waals surface area contributed by atoms with Crippen LogP contribution in [0, 0.1) is 11.8 Å². The van der Waals surface area contributed by atoms with E-state index in [-0.39, 0.29) is 48.3 Å².